The van der Waals surface area contributed by atoms with Crippen LogP contribution >= 0.6 is 0 Å². The van der Waals surface area contributed by atoms with E-state index in [0.29, 0.717) is 12.5 Å². The molecule has 68 valence electrons. The van der Waals surface area contributed by atoms with E-state index in [1.807, 2.05) is 39.0 Å². The maximum atomic E-state index is 9.75. The van der Waals surface area contributed by atoms with Gasteiger partial charge in [-0.2, -0.15) is 0 Å². The van der Waals surface area contributed by atoms with E-state index in [2.05, 4.69) is 10.7 Å². The number of nitrogens with zero attached hydrogens (tertiary/aromatic N) is 1. The lowest BCUT2D eigenvalue weighted by molar-refractivity contribution is 0.588. The van der Waals surface area contributed by atoms with E-state index in [9.17, 15) is 4.91 Å². The predicted molar refractivity (Wildman–Crippen MR) is 51.5 cm³/mol. The maximum Gasteiger partial charge on any atom is 0.0496 e. The summed E-state index contributed by atoms with van der Waals surface area (Å²) in [5, 5.41) is 2.59. The van der Waals surface area contributed by atoms with Gasteiger partial charge in [0.1, 0.15) is 0 Å². The van der Waals surface area contributed by atoms with Crippen LogP contribution in [0, 0.1) is 10.8 Å². The lowest BCUT2D eigenvalue weighted by atomic mass is 10.0. The van der Waals surface area contributed by atoms with E-state index >= 15 is 0 Å². The standard InChI is InChI=1S/C9H16N2O/c1-4-5-6-8(2)9(3)7-10-11-12/h4-6,9H,7H2,1-3H3,(H,10,12)/b5-4-,8-6+. The maximum absolute atomic E-state index is 9.75. The van der Waals surface area contributed by atoms with Crippen molar-refractivity contribution >= 4 is 0 Å². The Labute approximate surface area is 73.5 Å². The van der Waals surface area contributed by atoms with Gasteiger partial charge in [-0.3, -0.25) is 5.43 Å². The van der Waals surface area contributed by atoms with Gasteiger partial charge in [-0.15, -0.1) is 4.91 Å². The summed E-state index contributed by atoms with van der Waals surface area (Å²) in [6.07, 6.45) is 6.00. The molecule has 0 aromatic heterocycles. The molecular formula is C9H16N2O. The molecule has 3 nitrogen and oxygen atoms in total. The zero-order valence-electron chi connectivity index (χ0n) is 7.87. The number of hydrogen-bond acceptors (Lipinski definition) is 2. The molecule has 0 bridgehead atoms. The van der Waals surface area contributed by atoms with Crippen molar-refractivity contribution in [1.82, 2.24) is 5.43 Å². The van der Waals surface area contributed by atoms with Crippen LogP contribution in [-0.2, 0) is 0 Å². The lowest BCUT2D eigenvalue weighted by Gasteiger charge is -2.09. The van der Waals surface area contributed by atoms with Crippen molar-refractivity contribution in [1.29, 1.82) is 0 Å². The predicted octanol–water partition coefficient (Wildman–Crippen LogP) is 2.42. The Hall–Kier alpha value is -1.12. The molecule has 1 unspecified atom stereocenters. The van der Waals surface area contributed by atoms with E-state index < -0.39 is 0 Å². The highest BCUT2D eigenvalue weighted by Crippen LogP contribution is 2.07. The highest BCUT2D eigenvalue weighted by molar-refractivity contribution is 5.12. The molecule has 0 fully saturated rings. The molecule has 0 saturated carbocycles. The van der Waals surface area contributed by atoms with Crippen LogP contribution in [0.1, 0.15) is 20.8 Å². The van der Waals surface area contributed by atoms with Gasteiger partial charge in [0.15, 0.2) is 0 Å². The molecule has 0 amide bonds. The second kappa shape index (κ2) is 6.58. The summed E-state index contributed by atoms with van der Waals surface area (Å²) in [7, 11) is 0. The van der Waals surface area contributed by atoms with Gasteiger partial charge in [0.25, 0.3) is 0 Å². The molecule has 0 heterocycles. The third-order valence-electron chi connectivity index (χ3n) is 1.79. The zero-order valence-corrected chi connectivity index (χ0v) is 7.87. The van der Waals surface area contributed by atoms with Gasteiger partial charge in [-0.25, -0.2) is 0 Å². The van der Waals surface area contributed by atoms with Gasteiger partial charge < -0.3 is 0 Å². The van der Waals surface area contributed by atoms with Crippen LogP contribution in [0.5, 0.6) is 0 Å². The first kappa shape index (κ1) is 10.9. The second-order valence-corrected chi connectivity index (χ2v) is 2.79. The summed E-state index contributed by atoms with van der Waals surface area (Å²) in [6.45, 7) is 6.66. The van der Waals surface area contributed by atoms with Crippen molar-refractivity contribution in [2.24, 2.45) is 11.2 Å². The molecule has 0 radical (unpaired) electrons. The topological polar surface area (TPSA) is 41.5 Å². The first-order chi connectivity index (χ1) is 5.72. The van der Waals surface area contributed by atoms with Crippen LogP contribution in [0.3, 0.4) is 0 Å². The SMILES string of the molecule is C/C=C\C=C(/C)C(C)CNN=O. The molecule has 0 aliphatic heterocycles. The molecular weight excluding hydrogens is 152 g/mol. The van der Waals surface area contributed by atoms with E-state index in [-0.39, 0.29) is 0 Å². The summed E-state index contributed by atoms with van der Waals surface area (Å²) in [5.74, 6) is 0.346. The number of nitrogens with one attached hydrogen (secondary N) is 1. The molecule has 0 rings (SSSR count). The molecule has 3 heteroatoms. The Morgan fingerprint density at radius 1 is 1.67 bits per heavy atom. The third-order valence-corrected chi connectivity index (χ3v) is 1.79. The van der Waals surface area contributed by atoms with Gasteiger partial charge in [0, 0.05) is 11.8 Å². The summed E-state index contributed by atoms with van der Waals surface area (Å²) in [4.78, 5) is 9.75. The zero-order chi connectivity index (χ0) is 9.40. The van der Waals surface area contributed by atoms with E-state index in [4.69, 9.17) is 0 Å². The van der Waals surface area contributed by atoms with E-state index in [1.54, 1.807) is 0 Å². The summed E-state index contributed by atoms with van der Waals surface area (Å²) < 4.78 is 0. The van der Waals surface area contributed by atoms with E-state index in [0.717, 1.165) is 0 Å². The van der Waals surface area contributed by atoms with Gasteiger partial charge >= 0.3 is 0 Å². The molecule has 0 saturated heterocycles. The molecule has 1 N–H and O–H groups in total. The van der Waals surface area contributed by atoms with Crippen LogP contribution in [0.15, 0.2) is 29.1 Å². The lowest BCUT2D eigenvalue weighted by Crippen LogP contribution is -2.15. The van der Waals surface area contributed by atoms with Crippen molar-refractivity contribution < 1.29 is 0 Å². The van der Waals surface area contributed by atoms with Crippen LogP contribution in [0.25, 0.3) is 0 Å². The summed E-state index contributed by atoms with van der Waals surface area (Å²) in [5.41, 5.74) is 3.65. The minimum Gasteiger partial charge on any atom is -0.273 e. The summed E-state index contributed by atoms with van der Waals surface area (Å²) in [6, 6.07) is 0. The Bertz CT molecular complexity index is 185. The third kappa shape index (κ3) is 4.66. The Balaban J connectivity index is 3.90. The average Bonchev–Trinajstić information content (AvgIpc) is 2.10. The molecule has 0 aliphatic rings. The van der Waals surface area contributed by atoms with Crippen LogP contribution in [-0.4, -0.2) is 6.54 Å². The molecule has 0 aromatic rings. The smallest absolute Gasteiger partial charge is 0.0496 e. The first-order valence-electron chi connectivity index (χ1n) is 4.07. The van der Waals surface area contributed by atoms with Gasteiger partial charge in [0.2, 0.25) is 0 Å². The Kier molecular flexibility index (Phi) is 5.97. The van der Waals surface area contributed by atoms with Crippen molar-refractivity contribution in [3.63, 3.8) is 0 Å². The first-order valence-corrected chi connectivity index (χ1v) is 4.07. The molecule has 12 heavy (non-hydrogen) atoms. The van der Waals surface area contributed by atoms with E-state index in [1.165, 1.54) is 5.57 Å². The molecule has 0 aliphatic carbocycles. The second-order valence-electron chi connectivity index (χ2n) is 2.79. The van der Waals surface area contributed by atoms with Crippen LogP contribution in [0.4, 0.5) is 0 Å². The van der Waals surface area contributed by atoms with Gasteiger partial charge in [-0.1, -0.05) is 30.7 Å². The minimum atomic E-state index is 0.346. The highest BCUT2D eigenvalue weighted by atomic mass is 16.3. The van der Waals surface area contributed by atoms with Crippen molar-refractivity contribution in [3.05, 3.63) is 28.7 Å². The van der Waals surface area contributed by atoms with Crippen LogP contribution in [0.2, 0.25) is 0 Å². The quantitative estimate of drug-likeness (QED) is 0.389. The van der Waals surface area contributed by atoms with Gasteiger partial charge in [-0.05, 0) is 19.8 Å². The Morgan fingerprint density at radius 2 is 2.33 bits per heavy atom. The molecule has 1 atom stereocenters. The molecule has 0 aromatic carbocycles. The molecule has 0 spiro atoms. The fourth-order valence-corrected chi connectivity index (χ4v) is 0.747. The van der Waals surface area contributed by atoms with Crippen LogP contribution < -0.4 is 5.43 Å². The van der Waals surface area contributed by atoms with Gasteiger partial charge in [0.05, 0.1) is 0 Å². The van der Waals surface area contributed by atoms with Crippen molar-refractivity contribution in [3.8, 4) is 0 Å². The Morgan fingerprint density at radius 3 is 2.83 bits per heavy atom. The highest BCUT2D eigenvalue weighted by Gasteiger charge is 2.01. The average molecular weight is 168 g/mol. The van der Waals surface area contributed by atoms with Crippen molar-refractivity contribution in [2.75, 3.05) is 6.54 Å². The largest absolute Gasteiger partial charge is 0.273 e. The fraction of sp³-hybridized carbons (Fsp3) is 0.556. The monoisotopic (exact) mass is 168 g/mol. The summed E-state index contributed by atoms with van der Waals surface area (Å²) >= 11 is 0. The number of rotatable bonds is 5. The minimum absolute atomic E-state index is 0.346. The fourth-order valence-electron chi connectivity index (χ4n) is 0.747. The normalized spacial score (nSPS) is 14.8. The number of nitroso groups, excluding NO2 is 1. The van der Waals surface area contributed by atoms with Crippen molar-refractivity contribution in [2.45, 2.75) is 20.8 Å². The number of allylic oxidation sites excluding steroid dienone is 3. The number of hydrogen-bond donors (Lipinski definition) is 1.